The highest BCUT2D eigenvalue weighted by molar-refractivity contribution is 5.75. The van der Waals surface area contributed by atoms with E-state index in [2.05, 4.69) is 9.97 Å². The zero-order valence-corrected chi connectivity index (χ0v) is 11.2. The second-order valence-corrected chi connectivity index (χ2v) is 4.95. The summed E-state index contributed by atoms with van der Waals surface area (Å²) in [7, 11) is 0. The molecule has 0 spiro atoms. The molecule has 1 aromatic carbocycles. The molecular formula is C15H14N2O3. The Kier molecular flexibility index (Phi) is 2.82. The van der Waals surface area contributed by atoms with Crippen LogP contribution in [0.3, 0.4) is 0 Å². The Hall–Kier alpha value is -2.56. The molecule has 0 radical (unpaired) electrons. The molecule has 0 fully saturated rings. The Balaban J connectivity index is 2.15. The van der Waals surface area contributed by atoms with Crippen molar-refractivity contribution in [3.05, 3.63) is 36.2 Å². The van der Waals surface area contributed by atoms with Gasteiger partial charge >= 0.3 is 0 Å². The molecule has 0 unspecified atom stereocenters. The topological polar surface area (TPSA) is 79.4 Å². The number of fused-ring (bicyclic) bond motifs is 1. The molecular weight excluding hydrogens is 256 g/mol. The van der Waals surface area contributed by atoms with Crippen molar-refractivity contribution in [2.45, 2.75) is 19.8 Å². The van der Waals surface area contributed by atoms with Gasteiger partial charge in [0.15, 0.2) is 5.58 Å². The summed E-state index contributed by atoms with van der Waals surface area (Å²) in [6.45, 7) is 3.80. The summed E-state index contributed by atoms with van der Waals surface area (Å²) in [4.78, 5) is 8.26. The van der Waals surface area contributed by atoms with Gasteiger partial charge in [0.05, 0.1) is 6.20 Å². The minimum Gasteiger partial charge on any atom is -0.507 e. The van der Waals surface area contributed by atoms with E-state index in [0.29, 0.717) is 28.1 Å². The molecule has 3 aromatic rings. The summed E-state index contributed by atoms with van der Waals surface area (Å²) in [5, 5.41) is 20.1. The summed E-state index contributed by atoms with van der Waals surface area (Å²) in [5.74, 6) is 0.441. The van der Waals surface area contributed by atoms with Crippen molar-refractivity contribution < 1.29 is 14.6 Å². The molecule has 0 bridgehead atoms. The molecule has 5 heteroatoms. The summed E-state index contributed by atoms with van der Waals surface area (Å²) in [6, 6.07) is 4.81. The monoisotopic (exact) mass is 270 g/mol. The number of hydrogen-bond acceptors (Lipinski definition) is 5. The van der Waals surface area contributed by atoms with E-state index in [-0.39, 0.29) is 17.4 Å². The van der Waals surface area contributed by atoms with Crippen molar-refractivity contribution >= 4 is 11.1 Å². The van der Waals surface area contributed by atoms with Crippen molar-refractivity contribution in [3.8, 4) is 23.0 Å². The normalized spacial score (nSPS) is 11.3. The molecule has 0 aliphatic rings. The van der Waals surface area contributed by atoms with Gasteiger partial charge in [-0.2, -0.15) is 0 Å². The zero-order valence-electron chi connectivity index (χ0n) is 11.2. The second kappa shape index (κ2) is 4.52. The van der Waals surface area contributed by atoms with Crippen LogP contribution in [-0.4, -0.2) is 20.2 Å². The van der Waals surface area contributed by atoms with E-state index < -0.39 is 0 Å². The van der Waals surface area contributed by atoms with Crippen molar-refractivity contribution in [3.63, 3.8) is 0 Å². The van der Waals surface area contributed by atoms with Crippen molar-refractivity contribution in [2.24, 2.45) is 0 Å². The molecule has 2 heterocycles. The molecule has 0 saturated carbocycles. The Morgan fingerprint density at radius 2 is 1.85 bits per heavy atom. The lowest BCUT2D eigenvalue weighted by atomic mass is 9.99. The van der Waals surface area contributed by atoms with Crippen LogP contribution in [0.1, 0.15) is 25.3 Å². The molecule has 5 nitrogen and oxygen atoms in total. The predicted octanol–water partition coefficient (Wildman–Crippen LogP) is 3.42. The van der Waals surface area contributed by atoms with Gasteiger partial charge in [0.25, 0.3) is 0 Å². The fourth-order valence-electron chi connectivity index (χ4n) is 2.24. The fourth-order valence-corrected chi connectivity index (χ4v) is 2.24. The lowest BCUT2D eigenvalue weighted by molar-refractivity contribution is 0.433. The van der Waals surface area contributed by atoms with Gasteiger partial charge in [-0.25, -0.2) is 4.98 Å². The highest BCUT2D eigenvalue weighted by Crippen LogP contribution is 2.38. The number of rotatable bonds is 2. The van der Waals surface area contributed by atoms with Gasteiger partial charge in [-0.3, -0.25) is 4.98 Å². The van der Waals surface area contributed by atoms with Gasteiger partial charge in [-0.1, -0.05) is 13.8 Å². The third-order valence-electron chi connectivity index (χ3n) is 3.15. The molecule has 0 amide bonds. The lowest BCUT2D eigenvalue weighted by Crippen LogP contribution is -1.90. The molecule has 0 atom stereocenters. The number of aromatic nitrogens is 2. The number of pyridine rings is 1. The number of phenolic OH excluding ortho intramolecular Hbond substituents is 2. The summed E-state index contributed by atoms with van der Waals surface area (Å²) in [6.07, 6.45) is 3.22. The fraction of sp³-hybridized carbons (Fsp3) is 0.200. The van der Waals surface area contributed by atoms with Crippen molar-refractivity contribution in [1.82, 2.24) is 9.97 Å². The molecule has 102 valence electrons. The maximum absolute atomic E-state index is 10.0. The molecule has 0 aliphatic carbocycles. The number of aromatic hydroxyl groups is 2. The van der Waals surface area contributed by atoms with Crippen LogP contribution in [0.5, 0.6) is 11.5 Å². The van der Waals surface area contributed by atoms with Gasteiger partial charge in [-0.15, -0.1) is 0 Å². The Morgan fingerprint density at radius 1 is 1.15 bits per heavy atom. The maximum atomic E-state index is 10.0. The third-order valence-corrected chi connectivity index (χ3v) is 3.15. The first kappa shape index (κ1) is 12.5. The molecule has 0 aliphatic heterocycles. The van der Waals surface area contributed by atoms with E-state index in [0.717, 1.165) is 0 Å². The Labute approximate surface area is 115 Å². The lowest BCUT2D eigenvalue weighted by Gasteiger charge is -2.11. The average molecular weight is 270 g/mol. The van der Waals surface area contributed by atoms with Crippen LogP contribution in [0, 0.1) is 0 Å². The van der Waals surface area contributed by atoms with Crippen LogP contribution in [0.4, 0.5) is 0 Å². The van der Waals surface area contributed by atoms with Gasteiger partial charge in [0, 0.05) is 23.4 Å². The number of hydrogen-bond donors (Lipinski definition) is 2. The van der Waals surface area contributed by atoms with Gasteiger partial charge in [-0.05, 0) is 18.1 Å². The average Bonchev–Trinajstić information content (AvgIpc) is 2.81. The molecule has 0 saturated heterocycles. The zero-order chi connectivity index (χ0) is 14.3. The first-order chi connectivity index (χ1) is 9.56. The van der Waals surface area contributed by atoms with Crippen molar-refractivity contribution in [2.75, 3.05) is 0 Å². The number of benzene rings is 1. The van der Waals surface area contributed by atoms with E-state index >= 15 is 0 Å². The van der Waals surface area contributed by atoms with E-state index in [1.807, 2.05) is 13.8 Å². The molecule has 2 N–H and O–H groups in total. The number of nitrogens with zero attached hydrogens (tertiary/aromatic N) is 2. The first-order valence-electron chi connectivity index (χ1n) is 6.33. The summed E-state index contributed by atoms with van der Waals surface area (Å²) >= 11 is 0. The smallest absolute Gasteiger partial charge is 0.227 e. The number of phenols is 2. The summed E-state index contributed by atoms with van der Waals surface area (Å²) in [5.41, 5.74) is 2.29. The van der Waals surface area contributed by atoms with E-state index in [1.165, 1.54) is 0 Å². The Bertz CT molecular complexity index is 722. The van der Waals surface area contributed by atoms with Crippen LogP contribution in [0.15, 0.2) is 35.0 Å². The third kappa shape index (κ3) is 1.97. The van der Waals surface area contributed by atoms with Gasteiger partial charge in [0.2, 0.25) is 5.89 Å². The van der Waals surface area contributed by atoms with E-state index in [9.17, 15) is 10.2 Å². The largest absolute Gasteiger partial charge is 0.507 e. The predicted molar refractivity (Wildman–Crippen MR) is 74.7 cm³/mol. The summed E-state index contributed by atoms with van der Waals surface area (Å²) < 4.78 is 5.59. The van der Waals surface area contributed by atoms with E-state index in [4.69, 9.17) is 4.42 Å². The van der Waals surface area contributed by atoms with E-state index in [1.54, 1.807) is 30.6 Å². The van der Waals surface area contributed by atoms with Crippen LogP contribution in [-0.2, 0) is 0 Å². The molecule has 3 rings (SSSR count). The van der Waals surface area contributed by atoms with Crippen LogP contribution < -0.4 is 0 Å². The number of oxazole rings is 1. The highest BCUT2D eigenvalue weighted by Gasteiger charge is 2.16. The van der Waals surface area contributed by atoms with Crippen LogP contribution in [0.25, 0.3) is 22.6 Å². The van der Waals surface area contributed by atoms with Gasteiger partial charge in [0.1, 0.15) is 17.0 Å². The quantitative estimate of drug-likeness (QED) is 0.745. The first-order valence-corrected chi connectivity index (χ1v) is 6.33. The second-order valence-electron chi connectivity index (χ2n) is 4.95. The molecule has 2 aromatic heterocycles. The van der Waals surface area contributed by atoms with Crippen molar-refractivity contribution in [1.29, 1.82) is 0 Å². The molecule has 20 heavy (non-hydrogen) atoms. The van der Waals surface area contributed by atoms with Crippen LogP contribution >= 0.6 is 0 Å². The SMILES string of the molecule is CC(C)c1c(O)cc(-c2nc3cnccc3o2)cc1O. The minimum absolute atomic E-state index is 0.0249. The van der Waals surface area contributed by atoms with Gasteiger partial charge < -0.3 is 14.6 Å². The minimum atomic E-state index is 0.0249. The maximum Gasteiger partial charge on any atom is 0.227 e. The standard InChI is InChI=1S/C15H14N2O3/c1-8(2)14-11(18)5-9(6-12(14)19)15-17-10-7-16-4-3-13(10)20-15/h3-8,18-19H,1-2H3. The highest BCUT2D eigenvalue weighted by atomic mass is 16.3. The Morgan fingerprint density at radius 3 is 2.45 bits per heavy atom. The van der Waals surface area contributed by atoms with Crippen LogP contribution in [0.2, 0.25) is 0 Å².